The molecule has 14 heavy (non-hydrogen) atoms. The number of benzene rings is 1. The Kier molecular flexibility index (Phi) is 2.40. The summed E-state index contributed by atoms with van der Waals surface area (Å²) in [5, 5.41) is 2.97. The summed E-state index contributed by atoms with van der Waals surface area (Å²) in [6.07, 6.45) is 0. The molecule has 1 aromatic carbocycles. The first-order chi connectivity index (χ1) is 6.68. The number of nitrogens with zero attached hydrogens (tertiary/aromatic N) is 1. The van der Waals surface area contributed by atoms with E-state index < -0.39 is 0 Å². The van der Waals surface area contributed by atoms with Crippen molar-refractivity contribution in [3.8, 4) is 0 Å². The first kappa shape index (κ1) is 9.44. The standard InChI is InChI=1S/C10H10N2OSe/c1-7-2-4-8(5-3-7)12-9(13)6-11-10(12)14/h2-5H,6H2,1H3,(H,11,14). The number of hydrogen-bond acceptors (Lipinski definition) is 2. The van der Waals surface area contributed by atoms with Gasteiger partial charge in [-0.2, -0.15) is 0 Å². The molecule has 0 unspecified atom stereocenters. The molecular formula is C10H10N2OSe. The molecule has 1 saturated heterocycles. The number of aryl methyl sites for hydroxylation is 1. The molecule has 0 radical (unpaired) electrons. The van der Waals surface area contributed by atoms with E-state index in [9.17, 15) is 4.79 Å². The normalized spacial score (nSPS) is 15.9. The molecule has 1 aromatic rings. The van der Waals surface area contributed by atoms with Gasteiger partial charge in [-0.25, -0.2) is 0 Å². The number of hydrogen-bond donors (Lipinski definition) is 1. The Morgan fingerprint density at radius 2 is 2.00 bits per heavy atom. The van der Waals surface area contributed by atoms with Gasteiger partial charge in [0.15, 0.2) is 0 Å². The van der Waals surface area contributed by atoms with Gasteiger partial charge in [-0.1, -0.05) is 0 Å². The molecule has 72 valence electrons. The van der Waals surface area contributed by atoms with E-state index in [0.717, 1.165) is 10.4 Å². The number of carbonyl (C=O) groups is 1. The van der Waals surface area contributed by atoms with Crippen molar-refractivity contribution in [2.24, 2.45) is 0 Å². The molecule has 0 bridgehead atoms. The van der Waals surface area contributed by atoms with Gasteiger partial charge in [0, 0.05) is 0 Å². The van der Waals surface area contributed by atoms with Gasteiger partial charge in [-0.3, -0.25) is 0 Å². The van der Waals surface area contributed by atoms with Crippen LogP contribution < -0.4 is 10.2 Å². The molecule has 0 aliphatic carbocycles. The van der Waals surface area contributed by atoms with Crippen LogP contribution >= 0.6 is 0 Å². The van der Waals surface area contributed by atoms with Crippen molar-refractivity contribution in [2.45, 2.75) is 6.92 Å². The second-order valence-corrected chi connectivity index (χ2v) is 4.03. The molecule has 0 saturated carbocycles. The number of nitrogens with one attached hydrogen (secondary N) is 1. The van der Waals surface area contributed by atoms with Crippen molar-refractivity contribution in [3.05, 3.63) is 29.8 Å². The van der Waals surface area contributed by atoms with E-state index in [1.165, 1.54) is 5.56 Å². The Morgan fingerprint density at radius 3 is 2.50 bits per heavy atom. The summed E-state index contributed by atoms with van der Waals surface area (Å²) < 4.78 is 0.777. The van der Waals surface area contributed by atoms with E-state index in [-0.39, 0.29) is 5.91 Å². The molecule has 0 spiro atoms. The second-order valence-electron chi connectivity index (χ2n) is 3.22. The Hall–Kier alpha value is -1.12. The SMILES string of the molecule is Cc1ccc(N2C(=O)CNC2=[Se])cc1. The maximum atomic E-state index is 11.5. The summed E-state index contributed by atoms with van der Waals surface area (Å²) >= 11 is 2.84. The third-order valence-corrected chi connectivity index (χ3v) is 2.82. The van der Waals surface area contributed by atoms with Gasteiger partial charge in [0.2, 0.25) is 0 Å². The van der Waals surface area contributed by atoms with E-state index in [0.29, 0.717) is 6.54 Å². The maximum absolute atomic E-state index is 11.5. The minimum atomic E-state index is 0.0719. The fourth-order valence-electron chi connectivity index (χ4n) is 1.38. The van der Waals surface area contributed by atoms with Gasteiger partial charge in [0.1, 0.15) is 0 Å². The van der Waals surface area contributed by atoms with Crippen LogP contribution in [0.5, 0.6) is 0 Å². The van der Waals surface area contributed by atoms with E-state index >= 15 is 0 Å². The summed E-state index contributed by atoms with van der Waals surface area (Å²) in [5.74, 6) is 0.0719. The Balaban J connectivity index is 2.34. The molecular weight excluding hydrogens is 243 g/mol. The Labute approximate surface area is 90.5 Å². The average molecular weight is 253 g/mol. The van der Waals surface area contributed by atoms with E-state index in [1.54, 1.807) is 4.90 Å². The summed E-state index contributed by atoms with van der Waals surface area (Å²) in [6.45, 7) is 2.40. The monoisotopic (exact) mass is 254 g/mol. The zero-order valence-electron chi connectivity index (χ0n) is 7.78. The molecule has 3 nitrogen and oxygen atoms in total. The molecule has 1 N–H and O–H groups in total. The predicted molar refractivity (Wildman–Crippen MR) is 57.4 cm³/mol. The second kappa shape index (κ2) is 3.56. The Bertz CT molecular complexity index is 370. The molecule has 1 fully saturated rings. The fraction of sp³-hybridized carbons (Fsp3) is 0.200. The fourth-order valence-corrected chi connectivity index (χ4v) is 1.96. The third kappa shape index (κ3) is 1.59. The first-order valence-electron chi connectivity index (χ1n) is 4.36. The Morgan fingerprint density at radius 1 is 1.36 bits per heavy atom. The van der Waals surface area contributed by atoms with Crippen LogP contribution in [0.25, 0.3) is 0 Å². The summed E-state index contributed by atoms with van der Waals surface area (Å²) in [4.78, 5) is 13.1. The van der Waals surface area contributed by atoms with Crippen molar-refractivity contribution < 1.29 is 4.79 Å². The molecule has 1 heterocycles. The topological polar surface area (TPSA) is 32.3 Å². The van der Waals surface area contributed by atoms with Crippen molar-refractivity contribution in [1.29, 1.82) is 0 Å². The first-order valence-corrected chi connectivity index (χ1v) is 5.21. The molecule has 0 aromatic heterocycles. The van der Waals surface area contributed by atoms with E-state index in [2.05, 4.69) is 20.9 Å². The summed E-state index contributed by atoms with van der Waals surface area (Å²) in [6, 6.07) is 7.87. The van der Waals surface area contributed by atoms with Gasteiger partial charge in [0.25, 0.3) is 0 Å². The van der Waals surface area contributed by atoms with Gasteiger partial charge in [-0.15, -0.1) is 0 Å². The van der Waals surface area contributed by atoms with E-state index in [4.69, 9.17) is 0 Å². The van der Waals surface area contributed by atoms with Crippen LogP contribution in [0.1, 0.15) is 5.56 Å². The summed E-state index contributed by atoms with van der Waals surface area (Å²) in [5.41, 5.74) is 2.09. The predicted octanol–water partition coefficient (Wildman–Crippen LogP) is 0.187. The average Bonchev–Trinajstić information content (AvgIpc) is 2.49. The molecule has 1 aliphatic heterocycles. The van der Waals surface area contributed by atoms with Crippen LogP contribution in [0.2, 0.25) is 0 Å². The summed E-state index contributed by atoms with van der Waals surface area (Å²) in [7, 11) is 0. The van der Waals surface area contributed by atoms with Crippen molar-refractivity contribution in [1.82, 2.24) is 5.32 Å². The van der Waals surface area contributed by atoms with Gasteiger partial charge >= 0.3 is 90.1 Å². The van der Waals surface area contributed by atoms with Gasteiger partial charge in [-0.05, 0) is 0 Å². The van der Waals surface area contributed by atoms with Crippen LogP contribution in [-0.4, -0.2) is 32.7 Å². The van der Waals surface area contributed by atoms with Crippen LogP contribution in [0.4, 0.5) is 5.69 Å². The molecule has 1 aliphatic rings. The number of rotatable bonds is 1. The van der Waals surface area contributed by atoms with Gasteiger partial charge < -0.3 is 0 Å². The number of amides is 1. The van der Waals surface area contributed by atoms with Crippen LogP contribution in [-0.2, 0) is 4.79 Å². The number of carbonyl (C=O) groups excluding carboxylic acids is 1. The zero-order valence-corrected chi connectivity index (χ0v) is 9.49. The zero-order chi connectivity index (χ0) is 10.1. The molecule has 1 amide bonds. The number of anilines is 1. The van der Waals surface area contributed by atoms with Crippen LogP contribution in [0.15, 0.2) is 24.3 Å². The van der Waals surface area contributed by atoms with E-state index in [1.807, 2.05) is 31.2 Å². The molecule has 4 heteroatoms. The third-order valence-electron chi connectivity index (χ3n) is 2.14. The minimum absolute atomic E-state index is 0.0719. The molecule has 2 rings (SSSR count). The van der Waals surface area contributed by atoms with Crippen molar-refractivity contribution in [3.63, 3.8) is 0 Å². The van der Waals surface area contributed by atoms with Crippen molar-refractivity contribution in [2.75, 3.05) is 11.4 Å². The van der Waals surface area contributed by atoms with Crippen LogP contribution in [0, 0.1) is 6.92 Å². The van der Waals surface area contributed by atoms with Crippen LogP contribution in [0.3, 0.4) is 0 Å². The van der Waals surface area contributed by atoms with Crippen molar-refractivity contribution >= 4 is 31.8 Å². The van der Waals surface area contributed by atoms with Gasteiger partial charge in [0.05, 0.1) is 0 Å². The molecule has 0 atom stereocenters. The quantitative estimate of drug-likeness (QED) is 0.724.